The van der Waals surface area contributed by atoms with Crippen molar-refractivity contribution in [1.82, 2.24) is 9.78 Å². The van der Waals surface area contributed by atoms with E-state index in [1.807, 2.05) is 6.92 Å². The summed E-state index contributed by atoms with van der Waals surface area (Å²) in [6.45, 7) is 1.83. The van der Waals surface area contributed by atoms with Crippen LogP contribution in [0.4, 0.5) is 5.69 Å². The van der Waals surface area contributed by atoms with Crippen molar-refractivity contribution < 1.29 is 4.79 Å². The molecule has 0 aliphatic carbocycles. The second-order valence-corrected chi connectivity index (χ2v) is 5.58. The predicted molar refractivity (Wildman–Crippen MR) is 79.5 cm³/mol. The Balaban J connectivity index is 2.33. The summed E-state index contributed by atoms with van der Waals surface area (Å²) in [5.74, 6) is -0.0724. The highest BCUT2D eigenvalue weighted by Crippen LogP contribution is 2.24. The van der Waals surface area contributed by atoms with Crippen LogP contribution in [0.2, 0.25) is 5.15 Å². The van der Waals surface area contributed by atoms with Crippen LogP contribution < -0.4 is 5.73 Å². The highest BCUT2D eigenvalue weighted by Gasteiger charge is 2.17. The Morgan fingerprint density at radius 2 is 2.21 bits per heavy atom. The molecule has 0 radical (unpaired) electrons. The number of nitrogen functional groups attached to an aromatic ring is 1. The maximum absolute atomic E-state index is 12.3. The smallest absolute Gasteiger partial charge is 0.169 e. The molecule has 0 unspecified atom stereocenters. The van der Waals surface area contributed by atoms with E-state index in [1.54, 1.807) is 29.9 Å². The number of nitrogens with zero attached hydrogens (tertiary/aromatic N) is 2. The molecule has 0 fully saturated rings. The molecule has 0 atom stereocenters. The van der Waals surface area contributed by atoms with E-state index in [9.17, 15) is 4.79 Å². The van der Waals surface area contributed by atoms with Crippen LogP contribution in [-0.4, -0.2) is 15.6 Å². The number of nitrogens with two attached hydrogens (primary N) is 1. The summed E-state index contributed by atoms with van der Waals surface area (Å²) in [5, 5.41) is 4.67. The van der Waals surface area contributed by atoms with Crippen molar-refractivity contribution in [2.45, 2.75) is 13.3 Å². The Bertz CT molecular complexity index is 652. The van der Waals surface area contributed by atoms with Gasteiger partial charge in [0.2, 0.25) is 0 Å². The molecule has 1 aromatic carbocycles. The third-order valence-corrected chi connectivity index (χ3v) is 3.89. The van der Waals surface area contributed by atoms with Crippen molar-refractivity contribution in [3.8, 4) is 0 Å². The number of hydrogen-bond acceptors (Lipinski definition) is 3. The SMILES string of the molecule is Cc1nn(C)c(Cl)c1CC(=O)c1cc(Br)ccc1N. The number of halogens is 2. The molecule has 6 heteroatoms. The molecule has 4 nitrogen and oxygen atoms in total. The molecule has 2 N–H and O–H groups in total. The summed E-state index contributed by atoms with van der Waals surface area (Å²) in [5.41, 5.74) is 8.29. The van der Waals surface area contributed by atoms with Gasteiger partial charge in [0, 0.05) is 34.8 Å². The van der Waals surface area contributed by atoms with Gasteiger partial charge in [-0.3, -0.25) is 9.48 Å². The Labute approximate surface area is 124 Å². The largest absolute Gasteiger partial charge is 0.398 e. The summed E-state index contributed by atoms with van der Waals surface area (Å²) in [7, 11) is 1.75. The predicted octanol–water partition coefficient (Wildman–Crippen LogP) is 3.15. The van der Waals surface area contributed by atoms with E-state index in [1.165, 1.54) is 0 Å². The van der Waals surface area contributed by atoms with Crippen LogP contribution in [0.5, 0.6) is 0 Å². The molecule has 19 heavy (non-hydrogen) atoms. The number of Topliss-reactive ketones (excluding diaryl/α,β-unsaturated/α-hetero) is 1. The second-order valence-electron chi connectivity index (χ2n) is 4.31. The van der Waals surface area contributed by atoms with E-state index in [0.29, 0.717) is 16.4 Å². The first kappa shape index (κ1) is 14.1. The molecule has 0 saturated heterocycles. The first-order chi connectivity index (χ1) is 8.90. The number of carbonyl (C=O) groups is 1. The van der Waals surface area contributed by atoms with Gasteiger partial charge >= 0.3 is 0 Å². The molecule has 100 valence electrons. The first-order valence-electron chi connectivity index (χ1n) is 5.66. The van der Waals surface area contributed by atoms with Crippen LogP contribution in [0.15, 0.2) is 22.7 Å². The molecular weight excluding hydrogens is 330 g/mol. The topological polar surface area (TPSA) is 60.9 Å². The summed E-state index contributed by atoms with van der Waals surface area (Å²) in [4.78, 5) is 12.3. The average Bonchev–Trinajstić information content (AvgIpc) is 2.59. The van der Waals surface area contributed by atoms with Gasteiger partial charge in [0.05, 0.1) is 5.69 Å². The quantitative estimate of drug-likeness (QED) is 0.688. The number of anilines is 1. The minimum Gasteiger partial charge on any atom is -0.398 e. The standard InChI is InChI=1S/C13H13BrClN3O/c1-7-9(13(15)18(2)17-7)6-12(19)10-5-8(14)3-4-11(10)16/h3-5H,6,16H2,1-2H3. The van der Waals surface area contributed by atoms with E-state index in [4.69, 9.17) is 17.3 Å². The summed E-state index contributed by atoms with van der Waals surface area (Å²) >= 11 is 9.46. The maximum atomic E-state index is 12.3. The van der Waals surface area contributed by atoms with Crippen molar-refractivity contribution in [3.05, 3.63) is 44.6 Å². The fourth-order valence-electron chi connectivity index (χ4n) is 1.90. The fraction of sp³-hybridized carbons (Fsp3) is 0.231. The Kier molecular flexibility index (Phi) is 3.96. The van der Waals surface area contributed by atoms with Crippen LogP contribution in [0.25, 0.3) is 0 Å². The summed E-state index contributed by atoms with van der Waals surface area (Å²) in [6.07, 6.45) is 0.194. The fourth-order valence-corrected chi connectivity index (χ4v) is 2.50. The first-order valence-corrected chi connectivity index (χ1v) is 6.83. The molecule has 2 rings (SSSR count). The number of aryl methyl sites for hydroxylation is 2. The molecule has 1 heterocycles. The number of benzene rings is 1. The highest BCUT2D eigenvalue weighted by atomic mass is 79.9. The zero-order valence-electron chi connectivity index (χ0n) is 10.6. The molecule has 0 spiro atoms. The molecule has 2 aromatic rings. The van der Waals surface area contributed by atoms with Gasteiger partial charge in [-0.2, -0.15) is 5.10 Å². The third kappa shape index (κ3) is 2.82. The van der Waals surface area contributed by atoms with Gasteiger partial charge in [-0.15, -0.1) is 0 Å². The lowest BCUT2D eigenvalue weighted by Gasteiger charge is -2.05. The van der Waals surface area contributed by atoms with Crippen LogP contribution >= 0.6 is 27.5 Å². The van der Waals surface area contributed by atoms with Crippen molar-refractivity contribution >= 4 is 39.0 Å². The van der Waals surface area contributed by atoms with Crippen LogP contribution in [0, 0.1) is 6.92 Å². The average molecular weight is 343 g/mol. The van der Waals surface area contributed by atoms with E-state index in [0.717, 1.165) is 15.7 Å². The Morgan fingerprint density at radius 1 is 1.53 bits per heavy atom. The molecule has 0 amide bonds. The van der Waals surface area contributed by atoms with Crippen molar-refractivity contribution in [1.29, 1.82) is 0 Å². The lowest BCUT2D eigenvalue weighted by atomic mass is 10.0. The molecule has 0 saturated carbocycles. The summed E-state index contributed by atoms with van der Waals surface area (Å²) < 4.78 is 2.38. The van der Waals surface area contributed by atoms with Crippen molar-refractivity contribution in [2.24, 2.45) is 7.05 Å². The van der Waals surface area contributed by atoms with Gasteiger partial charge in [-0.1, -0.05) is 27.5 Å². The third-order valence-electron chi connectivity index (χ3n) is 2.92. The van der Waals surface area contributed by atoms with E-state index < -0.39 is 0 Å². The van der Waals surface area contributed by atoms with Gasteiger partial charge in [-0.05, 0) is 25.1 Å². The Hall–Kier alpha value is -1.33. The normalized spacial score (nSPS) is 10.7. The van der Waals surface area contributed by atoms with Gasteiger partial charge in [0.25, 0.3) is 0 Å². The van der Waals surface area contributed by atoms with Gasteiger partial charge in [0.15, 0.2) is 5.78 Å². The van der Waals surface area contributed by atoms with Gasteiger partial charge in [-0.25, -0.2) is 0 Å². The maximum Gasteiger partial charge on any atom is 0.169 e. The monoisotopic (exact) mass is 341 g/mol. The van der Waals surface area contributed by atoms with Crippen LogP contribution in [0.1, 0.15) is 21.6 Å². The van der Waals surface area contributed by atoms with Crippen molar-refractivity contribution in [2.75, 3.05) is 5.73 Å². The van der Waals surface area contributed by atoms with Gasteiger partial charge < -0.3 is 5.73 Å². The number of rotatable bonds is 3. The number of aromatic nitrogens is 2. The molecule has 0 bridgehead atoms. The van der Waals surface area contributed by atoms with Crippen molar-refractivity contribution in [3.63, 3.8) is 0 Å². The van der Waals surface area contributed by atoms with E-state index in [-0.39, 0.29) is 12.2 Å². The molecular formula is C13H13BrClN3O. The molecule has 0 aliphatic heterocycles. The number of carbonyl (C=O) groups excluding carboxylic acids is 1. The lowest BCUT2D eigenvalue weighted by Crippen LogP contribution is -2.08. The highest BCUT2D eigenvalue weighted by molar-refractivity contribution is 9.10. The van der Waals surface area contributed by atoms with E-state index in [2.05, 4.69) is 21.0 Å². The minimum atomic E-state index is -0.0724. The second kappa shape index (κ2) is 5.35. The summed E-state index contributed by atoms with van der Waals surface area (Å²) in [6, 6.07) is 5.22. The van der Waals surface area contributed by atoms with Gasteiger partial charge in [0.1, 0.15) is 5.15 Å². The minimum absolute atomic E-state index is 0.0724. The lowest BCUT2D eigenvalue weighted by molar-refractivity contribution is 0.0993. The molecule has 0 aliphatic rings. The zero-order valence-corrected chi connectivity index (χ0v) is 12.9. The number of hydrogen-bond donors (Lipinski definition) is 1. The zero-order chi connectivity index (χ0) is 14.2. The Morgan fingerprint density at radius 3 is 2.79 bits per heavy atom. The van der Waals surface area contributed by atoms with Crippen LogP contribution in [-0.2, 0) is 13.5 Å². The van der Waals surface area contributed by atoms with E-state index >= 15 is 0 Å². The number of ketones is 1. The van der Waals surface area contributed by atoms with Crippen LogP contribution in [0.3, 0.4) is 0 Å². The molecule has 1 aromatic heterocycles.